The van der Waals surface area contributed by atoms with Crippen molar-refractivity contribution in [2.75, 3.05) is 0 Å². The van der Waals surface area contributed by atoms with E-state index in [1.807, 2.05) is 0 Å². The first-order valence-corrected chi connectivity index (χ1v) is 9.17. The van der Waals surface area contributed by atoms with Gasteiger partial charge in [-0.05, 0) is 56.6 Å². The van der Waals surface area contributed by atoms with Gasteiger partial charge in [-0.25, -0.2) is 0 Å². The topological polar surface area (TPSA) is 80.7 Å². The van der Waals surface area contributed by atoms with E-state index in [4.69, 9.17) is 4.74 Å². The summed E-state index contributed by atoms with van der Waals surface area (Å²) in [5.41, 5.74) is 0.474. The van der Waals surface area contributed by atoms with Crippen LogP contribution in [0.25, 0.3) is 0 Å². The number of ether oxygens (including phenoxy) is 1. The molecular weight excluding hydrogens is 320 g/mol. The maximum absolute atomic E-state index is 12.2. The molecule has 0 aromatic heterocycles. The summed E-state index contributed by atoms with van der Waals surface area (Å²) in [5, 5.41) is 10.2. The second kappa shape index (κ2) is 12.0. The van der Waals surface area contributed by atoms with Crippen molar-refractivity contribution in [2.24, 2.45) is 17.8 Å². The lowest BCUT2D eigenvalue weighted by Gasteiger charge is -2.21. The monoisotopic (exact) mass is 354 g/mol. The zero-order valence-corrected chi connectivity index (χ0v) is 16.5. The van der Waals surface area contributed by atoms with Crippen LogP contribution < -0.4 is 0 Å². The van der Waals surface area contributed by atoms with Crippen molar-refractivity contribution in [1.82, 2.24) is 0 Å². The molecule has 4 unspecified atom stereocenters. The van der Waals surface area contributed by atoms with Gasteiger partial charge in [-0.15, -0.1) is 0 Å². The third-order valence-corrected chi connectivity index (χ3v) is 4.23. The van der Waals surface area contributed by atoms with Crippen LogP contribution in [0.1, 0.15) is 67.2 Å². The number of esters is 1. The minimum Gasteiger partial charge on any atom is -0.459 e. The van der Waals surface area contributed by atoms with E-state index in [-0.39, 0.29) is 5.78 Å². The summed E-state index contributed by atoms with van der Waals surface area (Å²) in [4.78, 5) is 34.5. The normalized spacial score (nSPS) is 16.9. The Morgan fingerprint density at radius 3 is 2.24 bits per heavy atom. The lowest BCUT2D eigenvalue weighted by molar-refractivity contribution is -0.158. The van der Waals surface area contributed by atoms with Gasteiger partial charge < -0.3 is 14.6 Å². The van der Waals surface area contributed by atoms with Gasteiger partial charge in [-0.2, -0.15) is 0 Å². The Bertz CT molecular complexity index is 467. The number of hydrogen-bond acceptors (Lipinski definition) is 5. The average molecular weight is 354 g/mol. The van der Waals surface area contributed by atoms with E-state index < -0.39 is 24.1 Å². The highest BCUT2D eigenvalue weighted by Crippen LogP contribution is 2.18. The number of carbonyl (C=O) groups excluding carboxylic acids is 3. The predicted molar refractivity (Wildman–Crippen MR) is 98.0 cm³/mol. The number of allylic oxidation sites excluding steroid dienone is 1. The van der Waals surface area contributed by atoms with Gasteiger partial charge >= 0.3 is 5.97 Å². The minimum atomic E-state index is -1.06. The molecule has 0 rings (SSSR count). The van der Waals surface area contributed by atoms with Crippen LogP contribution >= 0.6 is 0 Å². The van der Waals surface area contributed by atoms with E-state index >= 15 is 0 Å². The molecule has 0 saturated heterocycles. The minimum absolute atomic E-state index is 0.00269. The molecule has 0 aliphatic carbocycles. The van der Waals surface area contributed by atoms with Crippen molar-refractivity contribution in [3.63, 3.8) is 0 Å². The Morgan fingerprint density at radius 2 is 1.76 bits per heavy atom. The molecule has 144 valence electrons. The second-order valence-electron chi connectivity index (χ2n) is 7.35. The molecule has 0 aromatic rings. The van der Waals surface area contributed by atoms with Crippen LogP contribution in [-0.4, -0.2) is 35.4 Å². The summed E-state index contributed by atoms with van der Waals surface area (Å²) >= 11 is 0. The highest BCUT2D eigenvalue weighted by molar-refractivity contribution is 5.94. The Morgan fingerprint density at radius 1 is 1.16 bits per heavy atom. The standard InChI is InChI=1S/C20H34O5/c1-7-19(25-20(24)16(6)12-21)18(23)11-15(5)17(22)9-8-14(4)10-13(2)3/h11-14,16,18-19,23H,7-10H2,1-6H3/b15-11+. The molecule has 0 radical (unpaired) electrons. The summed E-state index contributed by atoms with van der Waals surface area (Å²) in [6, 6.07) is 0. The van der Waals surface area contributed by atoms with Crippen molar-refractivity contribution >= 4 is 18.0 Å². The van der Waals surface area contributed by atoms with Crippen molar-refractivity contribution in [1.29, 1.82) is 0 Å². The lowest BCUT2D eigenvalue weighted by Crippen LogP contribution is -2.32. The number of aldehydes is 1. The van der Waals surface area contributed by atoms with Crippen LogP contribution in [0.5, 0.6) is 0 Å². The van der Waals surface area contributed by atoms with E-state index in [2.05, 4.69) is 20.8 Å². The lowest BCUT2D eigenvalue weighted by atomic mass is 9.92. The Kier molecular flexibility index (Phi) is 11.2. The van der Waals surface area contributed by atoms with Gasteiger partial charge in [0, 0.05) is 6.42 Å². The number of hydrogen-bond donors (Lipinski definition) is 1. The van der Waals surface area contributed by atoms with Crippen molar-refractivity contribution < 1.29 is 24.2 Å². The van der Waals surface area contributed by atoms with Gasteiger partial charge in [0.05, 0.1) is 0 Å². The smallest absolute Gasteiger partial charge is 0.316 e. The molecule has 0 amide bonds. The molecule has 0 heterocycles. The predicted octanol–water partition coefficient (Wildman–Crippen LogP) is 3.48. The molecule has 0 bridgehead atoms. The first-order chi connectivity index (χ1) is 11.6. The molecule has 0 aromatic carbocycles. The number of rotatable bonds is 12. The zero-order valence-electron chi connectivity index (χ0n) is 16.5. The average Bonchev–Trinajstić information content (AvgIpc) is 2.55. The highest BCUT2D eigenvalue weighted by Gasteiger charge is 2.24. The van der Waals surface area contributed by atoms with Crippen molar-refractivity contribution in [2.45, 2.75) is 79.4 Å². The molecular formula is C20H34O5. The van der Waals surface area contributed by atoms with Crippen LogP contribution in [0, 0.1) is 17.8 Å². The summed E-state index contributed by atoms with van der Waals surface area (Å²) in [6.45, 7) is 11.3. The van der Waals surface area contributed by atoms with Crippen molar-refractivity contribution in [3.8, 4) is 0 Å². The quantitative estimate of drug-likeness (QED) is 0.251. The Hall–Kier alpha value is -1.49. The first-order valence-electron chi connectivity index (χ1n) is 9.17. The van der Waals surface area contributed by atoms with Gasteiger partial charge in [0.25, 0.3) is 0 Å². The van der Waals surface area contributed by atoms with E-state index in [9.17, 15) is 19.5 Å². The van der Waals surface area contributed by atoms with Crippen LogP contribution in [0.15, 0.2) is 11.6 Å². The summed E-state index contributed by atoms with van der Waals surface area (Å²) in [7, 11) is 0. The zero-order chi connectivity index (χ0) is 19.6. The number of aliphatic hydroxyl groups excluding tert-OH is 1. The first kappa shape index (κ1) is 23.5. The maximum atomic E-state index is 12.2. The van der Waals surface area contributed by atoms with Gasteiger partial charge in [0.15, 0.2) is 5.78 Å². The van der Waals surface area contributed by atoms with Crippen LogP contribution in [0.4, 0.5) is 0 Å². The largest absolute Gasteiger partial charge is 0.459 e. The van der Waals surface area contributed by atoms with Gasteiger partial charge in [0.2, 0.25) is 0 Å². The molecule has 0 fully saturated rings. The second-order valence-corrected chi connectivity index (χ2v) is 7.35. The van der Waals surface area contributed by atoms with Crippen molar-refractivity contribution in [3.05, 3.63) is 11.6 Å². The number of ketones is 1. The summed E-state index contributed by atoms with van der Waals surface area (Å²) in [5.74, 6) is -0.443. The van der Waals surface area contributed by atoms with Crippen LogP contribution in [-0.2, 0) is 19.1 Å². The summed E-state index contributed by atoms with van der Waals surface area (Å²) < 4.78 is 5.16. The molecule has 5 nitrogen and oxygen atoms in total. The molecule has 0 spiro atoms. The van der Waals surface area contributed by atoms with E-state index in [1.54, 1.807) is 13.8 Å². The third-order valence-electron chi connectivity index (χ3n) is 4.23. The molecule has 4 atom stereocenters. The highest BCUT2D eigenvalue weighted by atomic mass is 16.6. The van der Waals surface area contributed by atoms with E-state index in [0.717, 1.165) is 12.8 Å². The van der Waals surface area contributed by atoms with Crippen LogP contribution in [0.3, 0.4) is 0 Å². The number of carbonyl (C=O) groups is 3. The Balaban J connectivity index is 4.67. The fraction of sp³-hybridized carbons (Fsp3) is 0.750. The Labute approximate surface area is 151 Å². The van der Waals surface area contributed by atoms with Gasteiger partial charge in [-0.1, -0.05) is 27.7 Å². The molecule has 25 heavy (non-hydrogen) atoms. The van der Waals surface area contributed by atoms with Gasteiger partial charge in [0.1, 0.15) is 24.4 Å². The molecule has 5 heteroatoms. The fourth-order valence-corrected chi connectivity index (χ4v) is 2.66. The van der Waals surface area contributed by atoms with Crippen LogP contribution in [0.2, 0.25) is 0 Å². The van der Waals surface area contributed by atoms with Gasteiger partial charge in [-0.3, -0.25) is 9.59 Å². The van der Waals surface area contributed by atoms with E-state index in [0.29, 0.717) is 36.5 Å². The summed E-state index contributed by atoms with van der Waals surface area (Å²) in [6.07, 6.45) is 2.86. The fourth-order valence-electron chi connectivity index (χ4n) is 2.66. The number of Topliss-reactive ketones (excluding diaryl/α,β-unsaturated/α-hetero) is 1. The molecule has 0 aliphatic heterocycles. The SMILES string of the molecule is CCC(OC(=O)C(C)C=O)C(O)/C=C(\C)C(=O)CCC(C)CC(C)C. The maximum Gasteiger partial charge on any atom is 0.316 e. The molecule has 0 saturated carbocycles. The number of aliphatic hydroxyl groups is 1. The molecule has 0 aliphatic rings. The van der Waals surface area contributed by atoms with E-state index in [1.165, 1.54) is 13.0 Å². The molecule has 1 N–H and O–H groups in total. The third kappa shape index (κ3) is 9.54.